The standard InChI is InChI=1S/C20H24N2S.C5H10/c1-15-14-23-20-19(15)17-13-21(2)12-10-18(17)22(20)11-6-9-16-7-4-3-5-8-16;1-4-5(2)3/h3-5,7-8,14H,6,9-13H2,1-2H3;4H,1-3H3. The highest BCUT2D eigenvalue weighted by Crippen LogP contribution is 2.36. The molecule has 150 valence electrons. The van der Waals surface area contributed by atoms with Crippen molar-refractivity contribution >= 4 is 21.6 Å². The van der Waals surface area contributed by atoms with Gasteiger partial charge >= 0.3 is 0 Å². The molecule has 0 saturated heterocycles. The van der Waals surface area contributed by atoms with Crippen molar-refractivity contribution in [3.05, 3.63) is 69.7 Å². The lowest BCUT2D eigenvalue weighted by molar-refractivity contribution is 0.309. The number of allylic oxidation sites excluding steroid dienone is 2. The van der Waals surface area contributed by atoms with Crippen molar-refractivity contribution in [3.63, 3.8) is 0 Å². The fourth-order valence-electron chi connectivity index (χ4n) is 3.85. The zero-order valence-corrected chi connectivity index (χ0v) is 18.9. The fraction of sp³-hybridized carbons (Fsp3) is 0.440. The molecule has 1 aliphatic heterocycles. The summed E-state index contributed by atoms with van der Waals surface area (Å²) in [6.45, 7) is 11.9. The first-order valence-electron chi connectivity index (χ1n) is 10.4. The van der Waals surface area contributed by atoms with E-state index in [1.807, 2.05) is 18.3 Å². The first-order chi connectivity index (χ1) is 13.5. The summed E-state index contributed by atoms with van der Waals surface area (Å²) in [4.78, 5) is 3.95. The third-order valence-corrected chi connectivity index (χ3v) is 6.72. The summed E-state index contributed by atoms with van der Waals surface area (Å²) in [5.41, 5.74) is 7.48. The molecule has 3 aromatic rings. The average Bonchev–Trinajstić information content (AvgIpc) is 3.21. The average molecular weight is 395 g/mol. The van der Waals surface area contributed by atoms with E-state index >= 15 is 0 Å². The predicted molar refractivity (Wildman–Crippen MR) is 124 cm³/mol. The minimum atomic E-state index is 1.11. The summed E-state index contributed by atoms with van der Waals surface area (Å²) in [7, 11) is 2.24. The van der Waals surface area contributed by atoms with E-state index in [4.69, 9.17) is 0 Å². The molecule has 0 unspecified atom stereocenters. The molecule has 0 atom stereocenters. The molecular formula is C25H34N2S. The van der Waals surface area contributed by atoms with Gasteiger partial charge in [0.25, 0.3) is 0 Å². The maximum atomic E-state index is 2.62. The minimum absolute atomic E-state index is 1.11. The van der Waals surface area contributed by atoms with E-state index < -0.39 is 0 Å². The number of aryl methyl sites for hydroxylation is 3. The monoisotopic (exact) mass is 394 g/mol. The second-order valence-electron chi connectivity index (χ2n) is 8.12. The van der Waals surface area contributed by atoms with E-state index in [1.165, 1.54) is 52.7 Å². The Morgan fingerprint density at radius 1 is 1.18 bits per heavy atom. The number of nitrogens with zero attached hydrogens (tertiary/aromatic N) is 2. The van der Waals surface area contributed by atoms with E-state index in [1.54, 1.807) is 11.3 Å². The first-order valence-corrected chi connectivity index (χ1v) is 11.3. The summed E-state index contributed by atoms with van der Waals surface area (Å²) >= 11 is 1.93. The molecule has 0 amide bonds. The number of aromatic nitrogens is 1. The van der Waals surface area contributed by atoms with Crippen molar-refractivity contribution in [2.75, 3.05) is 13.6 Å². The molecule has 1 aliphatic rings. The molecule has 3 heteroatoms. The molecule has 0 N–H and O–H groups in total. The van der Waals surface area contributed by atoms with Crippen LogP contribution < -0.4 is 0 Å². The van der Waals surface area contributed by atoms with Crippen LogP contribution in [0.4, 0.5) is 0 Å². The van der Waals surface area contributed by atoms with Crippen molar-refractivity contribution in [3.8, 4) is 0 Å². The van der Waals surface area contributed by atoms with Crippen LogP contribution in [0.3, 0.4) is 0 Å². The van der Waals surface area contributed by atoms with Crippen molar-refractivity contribution in [1.82, 2.24) is 9.47 Å². The Hall–Kier alpha value is -1.84. The van der Waals surface area contributed by atoms with Gasteiger partial charge in [-0.15, -0.1) is 11.3 Å². The van der Waals surface area contributed by atoms with Crippen LogP contribution in [0, 0.1) is 6.92 Å². The van der Waals surface area contributed by atoms with Gasteiger partial charge in [0.1, 0.15) is 4.83 Å². The van der Waals surface area contributed by atoms with Gasteiger partial charge in [-0.1, -0.05) is 42.0 Å². The van der Waals surface area contributed by atoms with Crippen LogP contribution in [-0.2, 0) is 25.9 Å². The highest BCUT2D eigenvalue weighted by molar-refractivity contribution is 7.17. The molecular weight excluding hydrogens is 360 g/mol. The zero-order chi connectivity index (χ0) is 20.1. The number of thiophene rings is 1. The van der Waals surface area contributed by atoms with Gasteiger partial charge in [-0.3, -0.25) is 0 Å². The highest BCUT2D eigenvalue weighted by atomic mass is 32.1. The quantitative estimate of drug-likeness (QED) is 0.452. The molecule has 2 nitrogen and oxygen atoms in total. The number of fused-ring (bicyclic) bond motifs is 3. The largest absolute Gasteiger partial charge is 0.336 e. The molecule has 0 spiro atoms. The summed E-state index contributed by atoms with van der Waals surface area (Å²) in [6.07, 6.45) is 5.66. The van der Waals surface area contributed by atoms with Crippen molar-refractivity contribution < 1.29 is 0 Å². The molecule has 4 rings (SSSR count). The Morgan fingerprint density at radius 3 is 2.57 bits per heavy atom. The Labute approximate surface area is 174 Å². The Morgan fingerprint density at radius 2 is 1.89 bits per heavy atom. The maximum absolute atomic E-state index is 2.62. The number of hydrogen-bond donors (Lipinski definition) is 0. The number of rotatable bonds is 4. The second kappa shape index (κ2) is 9.58. The third-order valence-electron chi connectivity index (χ3n) is 5.60. The number of hydrogen-bond acceptors (Lipinski definition) is 2. The Bertz CT molecular complexity index is 927. The van der Waals surface area contributed by atoms with Gasteiger partial charge in [-0.05, 0) is 69.7 Å². The SMILES string of the molecule is CC=C(C)C.Cc1csc2c1c1c(n2CCCc2ccccc2)CCN(C)C1. The molecule has 2 aromatic heterocycles. The van der Waals surface area contributed by atoms with E-state index in [-0.39, 0.29) is 0 Å². The summed E-state index contributed by atoms with van der Waals surface area (Å²) in [5.74, 6) is 0. The van der Waals surface area contributed by atoms with Crippen molar-refractivity contribution in [2.24, 2.45) is 0 Å². The number of benzene rings is 1. The van der Waals surface area contributed by atoms with Crippen LogP contribution in [0.2, 0.25) is 0 Å². The lowest BCUT2D eigenvalue weighted by atomic mass is 10.0. The van der Waals surface area contributed by atoms with Gasteiger partial charge in [-0.2, -0.15) is 0 Å². The lowest BCUT2D eigenvalue weighted by Gasteiger charge is -2.24. The van der Waals surface area contributed by atoms with Crippen molar-refractivity contribution in [1.29, 1.82) is 0 Å². The van der Waals surface area contributed by atoms with Crippen LogP contribution in [-0.4, -0.2) is 23.1 Å². The summed E-state index contributed by atoms with van der Waals surface area (Å²) in [6, 6.07) is 10.9. The first kappa shape index (κ1) is 20.9. The molecule has 28 heavy (non-hydrogen) atoms. The molecule has 3 heterocycles. The Balaban J connectivity index is 0.000000403. The molecule has 0 saturated carbocycles. The van der Waals surface area contributed by atoms with Crippen LogP contribution in [0.15, 0.2) is 47.4 Å². The normalized spacial score (nSPS) is 13.8. The Kier molecular flexibility index (Phi) is 7.14. The smallest absolute Gasteiger partial charge is 0.103 e. The van der Waals surface area contributed by atoms with Gasteiger partial charge in [0.05, 0.1) is 0 Å². The zero-order valence-electron chi connectivity index (χ0n) is 18.1. The highest BCUT2D eigenvalue weighted by Gasteiger charge is 2.24. The van der Waals surface area contributed by atoms with Crippen LogP contribution in [0.5, 0.6) is 0 Å². The molecule has 0 fully saturated rings. The van der Waals surface area contributed by atoms with Gasteiger partial charge in [0, 0.05) is 37.1 Å². The van der Waals surface area contributed by atoms with Gasteiger partial charge < -0.3 is 9.47 Å². The topological polar surface area (TPSA) is 8.17 Å². The van der Waals surface area contributed by atoms with Gasteiger partial charge in [0.15, 0.2) is 0 Å². The molecule has 0 bridgehead atoms. The van der Waals surface area contributed by atoms with E-state index in [0.29, 0.717) is 0 Å². The third kappa shape index (κ3) is 4.76. The second-order valence-corrected chi connectivity index (χ2v) is 8.98. The van der Waals surface area contributed by atoms with Gasteiger partial charge in [0.2, 0.25) is 0 Å². The van der Waals surface area contributed by atoms with E-state index in [2.05, 4.69) is 79.1 Å². The van der Waals surface area contributed by atoms with Crippen LogP contribution in [0.1, 0.15) is 49.6 Å². The van der Waals surface area contributed by atoms with Crippen molar-refractivity contribution in [2.45, 2.75) is 60.0 Å². The van der Waals surface area contributed by atoms with Crippen LogP contribution >= 0.6 is 11.3 Å². The molecule has 0 aliphatic carbocycles. The van der Waals surface area contributed by atoms with Gasteiger partial charge in [-0.25, -0.2) is 0 Å². The predicted octanol–water partition coefficient (Wildman–Crippen LogP) is 6.60. The summed E-state index contributed by atoms with van der Waals surface area (Å²) in [5, 5.41) is 3.86. The molecule has 0 radical (unpaired) electrons. The number of likely N-dealkylation sites (N-methyl/N-ethyl adjacent to an activating group) is 1. The summed E-state index contributed by atoms with van der Waals surface area (Å²) < 4.78 is 2.62. The fourth-order valence-corrected chi connectivity index (χ4v) is 4.99. The van der Waals surface area contributed by atoms with E-state index in [9.17, 15) is 0 Å². The lowest BCUT2D eigenvalue weighted by Crippen LogP contribution is -2.27. The maximum Gasteiger partial charge on any atom is 0.103 e. The van der Waals surface area contributed by atoms with E-state index in [0.717, 1.165) is 13.1 Å². The van der Waals surface area contributed by atoms with Crippen LogP contribution in [0.25, 0.3) is 10.2 Å². The minimum Gasteiger partial charge on any atom is -0.336 e. The molecule has 1 aromatic carbocycles.